The first-order valence-electron chi connectivity index (χ1n) is 7.42. The SMILES string of the molecule is CCC(C)(C(O)Cc1cc(Br)ccc1F)N1CCOCC1. The topological polar surface area (TPSA) is 32.7 Å². The van der Waals surface area contributed by atoms with Gasteiger partial charge in [0.1, 0.15) is 5.82 Å². The molecule has 1 aliphatic heterocycles. The Kier molecular flexibility index (Phi) is 5.77. The number of ether oxygens (including phenoxy) is 1. The van der Waals surface area contributed by atoms with Gasteiger partial charge in [-0.25, -0.2) is 4.39 Å². The van der Waals surface area contributed by atoms with Gasteiger partial charge >= 0.3 is 0 Å². The molecule has 1 N–H and O–H groups in total. The van der Waals surface area contributed by atoms with Crippen molar-refractivity contribution in [1.29, 1.82) is 0 Å². The summed E-state index contributed by atoms with van der Waals surface area (Å²) in [4.78, 5) is 2.26. The maximum Gasteiger partial charge on any atom is 0.126 e. The summed E-state index contributed by atoms with van der Waals surface area (Å²) in [7, 11) is 0. The summed E-state index contributed by atoms with van der Waals surface area (Å²) in [5.41, 5.74) is 0.184. The third-order valence-corrected chi connectivity index (χ3v) is 5.08. The van der Waals surface area contributed by atoms with Gasteiger partial charge in [0.05, 0.1) is 19.3 Å². The normalized spacial score (nSPS) is 21.0. The van der Waals surface area contributed by atoms with Crippen LogP contribution in [0.2, 0.25) is 0 Å². The molecule has 0 aliphatic carbocycles. The molecular formula is C16H23BrFNO2. The highest BCUT2D eigenvalue weighted by Gasteiger charge is 2.38. The Balaban J connectivity index is 2.15. The summed E-state index contributed by atoms with van der Waals surface area (Å²) in [6.45, 7) is 7.11. The van der Waals surface area contributed by atoms with Gasteiger partial charge in [0.25, 0.3) is 0 Å². The van der Waals surface area contributed by atoms with E-state index in [0.717, 1.165) is 24.0 Å². The van der Waals surface area contributed by atoms with Gasteiger partial charge < -0.3 is 9.84 Å². The van der Waals surface area contributed by atoms with Crippen LogP contribution in [0, 0.1) is 5.82 Å². The van der Waals surface area contributed by atoms with Gasteiger partial charge in [-0.3, -0.25) is 4.90 Å². The maximum atomic E-state index is 13.9. The van der Waals surface area contributed by atoms with E-state index in [1.165, 1.54) is 6.07 Å². The third-order valence-electron chi connectivity index (χ3n) is 4.59. The molecule has 21 heavy (non-hydrogen) atoms. The van der Waals surface area contributed by atoms with E-state index < -0.39 is 6.10 Å². The Morgan fingerprint density at radius 1 is 1.43 bits per heavy atom. The molecule has 118 valence electrons. The van der Waals surface area contributed by atoms with Crippen LogP contribution in [0.5, 0.6) is 0 Å². The van der Waals surface area contributed by atoms with Crippen molar-refractivity contribution in [2.24, 2.45) is 0 Å². The lowest BCUT2D eigenvalue weighted by atomic mass is 9.85. The molecule has 0 spiro atoms. The van der Waals surface area contributed by atoms with Gasteiger partial charge in [-0.05, 0) is 37.1 Å². The second kappa shape index (κ2) is 7.18. The molecule has 2 rings (SSSR count). The Labute approximate surface area is 134 Å². The molecule has 1 aliphatic rings. The van der Waals surface area contributed by atoms with Crippen LogP contribution in [-0.4, -0.2) is 48.0 Å². The average molecular weight is 360 g/mol. The number of aliphatic hydroxyl groups excluding tert-OH is 1. The number of morpholine rings is 1. The quantitative estimate of drug-likeness (QED) is 0.876. The van der Waals surface area contributed by atoms with Crippen molar-refractivity contribution in [2.75, 3.05) is 26.3 Å². The van der Waals surface area contributed by atoms with Crippen LogP contribution >= 0.6 is 15.9 Å². The summed E-state index contributed by atoms with van der Waals surface area (Å²) in [5.74, 6) is -0.266. The fourth-order valence-corrected chi connectivity index (χ4v) is 3.28. The van der Waals surface area contributed by atoms with Gasteiger partial charge in [-0.15, -0.1) is 0 Å². The van der Waals surface area contributed by atoms with Crippen molar-refractivity contribution in [1.82, 2.24) is 4.90 Å². The van der Waals surface area contributed by atoms with Crippen LogP contribution in [0.25, 0.3) is 0 Å². The number of hydrogen-bond acceptors (Lipinski definition) is 3. The second-order valence-electron chi connectivity index (χ2n) is 5.77. The Hall–Kier alpha value is -0.490. The molecule has 0 aromatic heterocycles. The van der Waals surface area contributed by atoms with Crippen molar-refractivity contribution in [2.45, 2.75) is 38.3 Å². The first kappa shape index (κ1) is 16.9. The fourth-order valence-electron chi connectivity index (χ4n) is 2.87. The Morgan fingerprint density at radius 2 is 2.10 bits per heavy atom. The van der Waals surface area contributed by atoms with Gasteiger partial charge in [-0.1, -0.05) is 22.9 Å². The van der Waals surface area contributed by atoms with Crippen LogP contribution in [-0.2, 0) is 11.2 Å². The maximum absolute atomic E-state index is 13.9. The van der Waals surface area contributed by atoms with Gasteiger partial charge in [-0.2, -0.15) is 0 Å². The fraction of sp³-hybridized carbons (Fsp3) is 0.625. The van der Waals surface area contributed by atoms with E-state index in [4.69, 9.17) is 4.74 Å². The van der Waals surface area contributed by atoms with Crippen molar-refractivity contribution in [3.63, 3.8) is 0 Å². The lowest BCUT2D eigenvalue weighted by molar-refractivity contribution is -0.0716. The zero-order valence-electron chi connectivity index (χ0n) is 12.6. The summed E-state index contributed by atoms with van der Waals surface area (Å²) < 4.78 is 20.1. The molecule has 1 aromatic carbocycles. The molecule has 3 nitrogen and oxygen atoms in total. The van der Waals surface area contributed by atoms with E-state index in [1.807, 2.05) is 0 Å². The van der Waals surface area contributed by atoms with Crippen molar-refractivity contribution >= 4 is 15.9 Å². The van der Waals surface area contributed by atoms with Gasteiger partial charge in [0.15, 0.2) is 0 Å². The largest absolute Gasteiger partial charge is 0.391 e. The molecule has 1 saturated heterocycles. The van der Waals surface area contributed by atoms with E-state index in [2.05, 4.69) is 34.7 Å². The van der Waals surface area contributed by atoms with Gasteiger partial charge in [0, 0.05) is 29.5 Å². The molecule has 0 saturated carbocycles. The standard InChI is InChI=1S/C16H23BrFNO2/c1-3-16(2,19-6-8-21-9-7-19)15(20)11-12-10-13(17)4-5-14(12)18/h4-5,10,15,20H,3,6-9,11H2,1-2H3. The number of hydrogen-bond donors (Lipinski definition) is 1. The molecule has 1 heterocycles. The van der Waals surface area contributed by atoms with Crippen LogP contribution < -0.4 is 0 Å². The van der Waals surface area contributed by atoms with Crippen LogP contribution in [0.4, 0.5) is 4.39 Å². The summed E-state index contributed by atoms with van der Waals surface area (Å²) >= 11 is 3.36. The summed E-state index contributed by atoms with van der Waals surface area (Å²) in [6.07, 6.45) is 0.501. The van der Waals surface area contributed by atoms with Crippen LogP contribution in [0.1, 0.15) is 25.8 Å². The van der Waals surface area contributed by atoms with Crippen LogP contribution in [0.15, 0.2) is 22.7 Å². The zero-order chi connectivity index (χ0) is 15.5. The molecule has 0 bridgehead atoms. The monoisotopic (exact) mass is 359 g/mol. The van der Waals surface area contributed by atoms with Crippen molar-refractivity contribution in [3.05, 3.63) is 34.1 Å². The number of benzene rings is 1. The number of nitrogens with zero attached hydrogens (tertiary/aromatic N) is 1. The van der Waals surface area contributed by atoms with Crippen molar-refractivity contribution in [3.8, 4) is 0 Å². The smallest absolute Gasteiger partial charge is 0.126 e. The first-order chi connectivity index (χ1) is 9.97. The summed E-state index contributed by atoms with van der Waals surface area (Å²) in [6, 6.07) is 4.85. The number of aliphatic hydroxyl groups is 1. The van der Waals surface area contributed by atoms with E-state index in [-0.39, 0.29) is 11.4 Å². The molecule has 2 unspecified atom stereocenters. The third kappa shape index (κ3) is 3.83. The zero-order valence-corrected chi connectivity index (χ0v) is 14.2. The molecular weight excluding hydrogens is 337 g/mol. The molecule has 0 amide bonds. The Morgan fingerprint density at radius 3 is 2.71 bits per heavy atom. The van der Waals surface area contributed by atoms with Crippen molar-refractivity contribution < 1.29 is 14.2 Å². The highest BCUT2D eigenvalue weighted by Crippen LogP contribution is 2.28. The van der Waals surface area contributed by atoms with E-state index >= 15 is 0 Å². The second-order valence-corrected chi connectivity index (χ2v) is 6.68. The highest BCUT2D eigenvalue weighted by molar-refractivity contribution is 9.10. The predicted molar refractivity (Wildman–Crippen MR) is 84.9 cm³/mol. The lowest BCUT2D eigenvalue weighted by Crippen LogP contribution is -2.58. The van der Waals surface area contributed by atoms with Gasteiger partial charge in [0.2, 0.25) is 0 Å². The summed E-state index contributed by atoms with van der Waals surface area (Å²) in [5, 5.41) is 10.7. The Bertz CT molecular complexity index is 479. The minimum Gasteiger partial charge on any atom is -0.391 e. The van der Waals surface area contributed by atoms with E-state index in [1.54, 1.807) is 12.1 Å². The average Bonchev–Trinajstić information content (AvgIpc) is 2.51. The van der Waals surface area contributed by atoms with E-state index in [0.29, 0.717) is 25.2 Å². The number of rotatable bonds is 5. The number of halogens is 2. The molecule has 1 fully saturated rings. The minimum atomic E-state index is -0.621. The molecule has 0 radical (unpaired) electrons. The van der Waals surface area contributed by atoms with E-state index in [9.17, 15) is 9.50 Å². The molecule has 1 aromatic rings. The lowest BCUT2D eigenvalue weighted by Gasteiger charge is -2.46. The molecule has 5 heteroatoms. The molecule has 2 atom stereocenters. The highest BCUT2D eigenvalue weighted by atomic mass is 79.9. The minimum absolute atomic E-state index is 0.266. The first-order valence-corrected chi connectivity index (χ1v) is 8.21. The van der Waals surface area contributed by atoms with Crippen LogP contribution in [0.3, 0.4) is 0 Å². The predicted octanol–water partition coefficient (Wildman–Crippen LogP) is 2.99.